The van der Waals surface area contributed by atoms with Gasteiger partial charge >= 0.3 is 0 Å². The van der Waals surface area contributed by atoms with Crippen molar-refractivity contribution in [2.24, 2.45) is 5.73 Å². The molecule has 1 heterocycles. The van der Waals surface area contributed by atoms with E-state index in [4.69, 9.17) is 5.73 Å². The molecule has 0 spiro atoms. The highest BCUT2D eigenvalue weighted by molar-refractivity contribution is 5.26. The van der Waals surface area contributed by atoms with Gasteiger partial charge in [0.05, 0.1) is 0 Å². The number of nitrogens with zero attached hydrogens (tertiary/aromatic N) is 1. The summed E-state index contributed by atoms with van der Waals surface area (Å²) < 4.78 is 0. The SMILES string of the molecule is CCC1CCCN1CC(N)c1ccc(C(C)C)cc1. The van der Waals surface area contributed by atoms with Crippen molar-refractivity contribution in [1.82, 2.24) is 4.90 Å². The zero-order chi connectivity index (χ0) is 13.8. The molecule has 2 atom stereocenters. The van der Waals surface area contributed by atoms with Crippen LogP contribution in [0.15, 0.2) is 24.3 Å². The van der Waals surface area contributed by atoms with Gasteiger partial charge in [-0.25, -0.2) is 0 Å². The summed E-state index contributed by atoms with van der Waals surface area (Å²) in [5.41, 5.74) is 9.04. The summed E-state index contributed by atoms with van der Waals surface area (Å²) in [6.07, 6.45) is 3.92. The fraction of sp³-hybridized carbons (Fsp3) is 0.647. The summed E-state index contributed by atoms with van der Waals surface area (Å²) in [5, 5.41) is 0. The normalized spacial score (nSPS) is 22.1. The second-order valence-electron chi connectivity index (χ2n) is 6.13. The molecule has 0 radical (unpaired) electrons. The molecule has 2 rings (SSSR count). The minimum Gasteiger partial charge on any atom is -0.323 e. The Kier molecular flexibility index (Phi) is 5.00. The third kappa shape index (κ3) is 3.58. The molecule has 2 N–H and O–H groups in total. The number of hydrogen-bond acceptors (Lipinski definition) is 2. The lowest BCUT2D eigenvalue weighted by Crippen LogP contribution is -2.35. The summed E-state index contributed by atoms with van der Waals surface area (Å²) in [6, 6.07) is 9.76. The zero-order valence-corrected chi connectivity index (χ0v) is 12.6. The van der Waals surface area contributed by atoms with Gasteiger partial charge in [0.15, 0.2) is 0 Å². The van der Waals surface area contributed by atoms with E-state index < -0.39 is 0 Å². The molecular weight excluding hydrogens is 232 g/mol. The summed E-state index contributed by atoms with van der Waals surface area (Å²) >= 11 is 0. The molecule has 0 aromatic heterocycles. The maximum absolute atomic E-state index is 6.38. The Morgan fingerprint density at radius 2 is 1.84 bits per heavy atom. The van der Waals surface area contributed by atoms with Crippen LogP contribution in [0.5, 0.6) is 0 Å². The Hall–Kier alpha value is -0.860. The first-order valence-corrected chi connectivity index (χ1v) is 7.71. The highest BCUT2D eigenvalue weighted by Crippen LogP contribution is 2.23. The van der Waals surface area contributed by atoms with Crippen molar-refractivity contribution < 1.29 is 0 Å². The van der Waals surface area contributed by atoms with Crippen molar-refractivity contribution in [1.29, 1.82) is 0 Å². The van der Waals surface area contributed by atoms with E-state index in [2.05, 4.69) is 49.9 Å². The lowest BCUT2D eigenvalue weighted by atomic mass is 9.99. The van der Waals surface area contributed by atoms with Gasteiger partial charge in [-0.2, -0.15) is 0 Å². The molecule has 19 heavy (non-hydrogen) atoms. The average molecular weight is 260 g/mol. The van der Waals surface area contributed by atoms with Crippen molar-refractivity contribution in [2.45, 2.75) is 58.0 Å². The number of benzene rings is 1. The smallest absolute Gasteiger partial charge is 0.0424 e. The minimum absolute atomic E-state index is 0.147. The van der Waals surface area contributed by atoms with E-state index >= 15 is 0 Å². The highest BCUT2D eigenvalue weighted by Gasteiger charge is 2.24. The van der Waals surface area contributed by atoms with Crippen molar-refractivity contribution in [3.63, 3.8) is 0 Å². The van der Waals surface area contributed by atoms with Crippen LogP contribution in [0.3, 0.4) is 0 Å². The Morgan fingerprint density at radius 1 is 1.21 bits per heavy atom. The van der Waals surface area contributed by atoms with Crippen LogP contribution in [0, 0.1) is 0 Å². The Balaban J connectivity index is 1.97. The molecule has 1 aromatic carbocycles. The van der Waals surface area contributed by atoms with Gasteiger partial charge in [-0.15, -0.1) is 0 Å². The Morgan fingerprint density at radius 3 is 2.42 bits per heavy atom. The molecule has 1 fully saturated rings. The third-order valence-corrected chi connectivity index (χ3v) is 4.43. The van der Waals surface area contributed by atoms with Crippen LogP contribution in [0.1, 0.15) is 63.1 Å². The predicted molar refractivity (Wildman–Crippen MR) is 82.3 cm³/mol. The van der Waals surface area contributed by atoms with E-state index in [0.29, 0.717) is 5.92 Å². The Bertz CT molecular complexity index is 383. The van der Waals surface area contributed by atoms with Crippen LogP contribution in [-0.2, 0) is 0 Å². The molecule has 0 saturated carbocycles. The number of nitrogens with two attached hydrogens (primary N) is 1. The summed E-state index contributed by atoms with van der Waals surface area (Å²) in [4.78, 5) is 2.57. The number of rotatable bonds is 5. The van der Waals surface area contributed by atoms with Crippen molar-refractivity contribution in [3.05, 3.63) is 35.4 Å². The fourth-order valence-electron chi connectivity index (χ4n) is 3.08. The van der Waals surface area contributed by atoms with Gasteiger partial charge < -0.3 is 5.73 Å². The lowest BCUT2D eigenvalue weighted by molar-refractivity contribution is 0.234. The van der Waals surface area contributed by atoms with Crippen molar-refractivity contribution >= 4 is 0 Å². The molecule has 106 valence electrons. The summed E-state index contributed by atoms with van der Waals surface area (Å²) in [6.45, 7) is 8.96. The molecule has 0 bridgehead atoms. The standard InChI is InChI=1S/C17H28N2/c1-4-16-6-5-11-19(16)12-17(18)15-9-7-14(8-10-15)13(2)3/h7-10,13,16-17H,4-6,11-12,18H2,1-3H3. The minimum atomic E-state index is 0.147. The topological polar surface area (TPSA) is 29.3 Å². The maximum atomic E-state index is 6.38. The van der Waals surface area contributed by atoms with E-state index in [1.54, 1.807) is 0 Å². The Labute approximate surface area is 118 Å². The first kappa shape index (κ1) is 14.5. The van der Waals surface area contributed by atoms with E-state index in [1.165, 1.54) is 36.9 Å². The van der Waals surface area contributed by atoms with Crippen LogP contribution in [-0.4, -0.2) is 24.0 Å². The van der Waals surface area contributed by atoms with Gasteiger partial charge in [0, 0.05) is 18.6 Å². The van der Waals surface area contributed by atoms with E-state index in [1.807, 2.05) is 0 Å². The largest absolute Gasteiger partial charge is 0.323 e. The summed E-state index contributed by atoms with van der Waals surface area (Å²) in [5.74, 6) is 0.591. The molecule has 1 aliphatic heterocycles. The molecular formula is C17H28N2. The molecule has 2 nitrogen and oxygen atoms in total. The van der Waals surface area contributed by atoms with Gasteiger partial charge in [0.1, 0.15) is 0 Å². The van der Waals surface area contributed by atoms with E-state index in [-0.39, 0.29) is 6.04 Å². The van der Waals surface area contributed by atoms with Crippen LogP contribution in [0.4, 0.5) is 0 Å². The average Bonchev–Trinajstić information content (AvgIpc) is 2.86. The highest BCUT2D eigenvalue weighted by atomic mass is 15.2. The molecule has 2 unspecified atom stereocenters. The first-order chi connectivity index (χ1) is 9.11. The molecule has 1 saturated heterocycles. The van der Waals surface area contributed by atoms with Gasteiger partial charge in [-0.1, -0.05) is 45.0 Å². The monoisotopic (exact) mass is 260 g/mol. The van der Waals surface area contributed by atoms with Gasteiger partial charge in [-0.3, -0.25) is 4.90 Å². The van der Waals surface area contributed by atoms with E-state index in [0.717, 1.165) is 12.6 Å². The second-order valence-corrected chi connectivity index (χ2v) is 6.13. The maximum Gasteiger partial charge on any atom is 0.0424 e. The molecule has 2 heteroatoms. The predicted octanol–water partition coefficient (Wildman–Crippen LogP) is 3.68. The van der Waals surface area contributed by atoms with Crippen LogP contribution in [0.25, 0.3) is 0 Å². The van der Waals surface area contributed by atoms with Gasteiger partial charge in [0.25, 0.3) is 0 Å². The van der Waals surface area contributed by atoms with Gasteiger partial charge in [0.2, 0.25) is 0 Å². The van der Waals surface area contributed by atoms with Crippen LogP contribution < -0.4 is 5.73 Å². The van der Waals surface area contributed by atoms with E-state index in [9.17, 15) is 0 Å². The van der Waals surface area contributed by atoms with Crippen molar-refractivity contribution in [2.75, 3.05) is 13.1 Å². The first-order valence-electron chi connectivity index (χ1n) is 7.71. The quantitative estimate of drug-likeness (QED) is 0.875. The van der Waals surface area contributed by atoms with Gasteiger partial charge in [-0.05, 0) is 42.9 Å². The third-order valence-electron chi connectivity index (χ3n) is 4.43. The molecule has 0 amide bonds. The number of likely N-dealkylation sites (tertiary alicyclic amines) is 1. The van der Waals surface area contributed by atoms with Crippen molar-refractivity contribution in [3.8, 4) is 0 Å². The second kappa shape index (κ2) is 6.53. The molecule has 0 aliphatic carbocycles. The molecule has 1 aromatic rings. The lowest BCUT2D eigenvalue weighted by Gasteiger charge is -2.26. The summed E-state index contributed by atoms with van der Waals surface area (Å²) in [7, 11) is 0. The van der Waals surface area contributed by atoms with Crippen LogP contribution in [0.2, 0.25) is 0 Å². The zero-order valence-electron chi connectivity index (χ0n) is 12.6. The number of hydrogen-bond donors (Lipinski definition) is 1. The molecule has 1 aliphatic rings. The van der Waals surface area contributed by atoms with Crippen LogP contribution >= 0.6 is 0 Å². The fourth-order valence-corrected chi connectivity index (χ4v) is 3.08.